The molecule has 0 radical (unpaired) electrons. The number of nitrogens with zero attached hydrogens (tertiary/aromatic N) is 3. The van der Waals surface area contributed by atoms with Gasteiger partial charge in [-0.3, -0.25) is 14.8 Å². The number of methoxy groups -OCH3 is 2. The lowest BCUT2D eigenvalue weighted by molar-refractivity contribution is -0.137. The fourth-order valence-corrected chi connectivity index (χ4v) is 7.14. The van der Waals surface area contributed by atoms with Crippen molar-refractivity contribution in [3.8, 4) is 11.5 Å². The molecule has 3 aliphatic rings. The maximum absolute atomic E-state index is 13.8. The van der Waals surface area contributed by atoms with Crippen molar-refractivity contribution in [1.82, 2.24) is 9.88 Å². The van der Waals surface area contributed by atoms with Gasteiger partial charge in [-0.2, -0.15) is 13.2 Å². The zero-order chi connectivity index (χ0) is 37.0. The Morgan fingerprint density at radius 3 is 2.31 bits per heavy atom. The Morgan fingerprint density at radius 2 is 1.65 bits per heavy atom. The van der Waals surface area contributed by atoms with Crippen LogP contribution in [0.1, 0.15) is 51.6 Å². The number of aromatic nitrogens is 1. The van der Waals surface area contributed by atoms with Crippen LogP contribution in [0.15, 0.2) is 79.1 Å². The van der Waals surface area contributed by atoms with Gasteiger partial charge in [0.2, 0.25) is 0 Å². The molecule has 14 heteroatoms. The van der Waals surface area contributed by atoms with Crippen molar-refractivity contribution in [3.05, 3.63) is 117 Å². The molecule has 3 fully saturated rings. The number of anilines is 1. The smallest absolute Gasteiger partial charge is 0.416 e. The Bertz CT molecular complexity index is 1900. The second-order valence-corrected chi connectivity index (χ2v) is 13.5. The third-order valence-electron chi connectivity index (χ3n) is 9.43. The van der Waals surface area contributed by atoms with Crippen LogP contribution in [0.5, 0.6) is 11.5 Å². The van der Waals surface area contributed by atoms with E-state index in [0.717, 1.165) is 43.0 Å². The average molecular weight is 759 g/mol. The quantitative estimate of drug-likeness (QED) is 0.140. The first-order valence-corrected chi connectivity index (χ1v) is 17.4. The number of carbonyl (C=O) groups excluding carboxylic acids is 2. The molecule has 1 aromatic heterocycles. The molecule has 274 valence electrons. The van der Waals surface area contributed by atoms with E-state index < -0.39 is 29.9 Å². The van der Waals surface area contributed by atoms with Crippen LogP contribution in [0.25, 0.3) is 0 Å². The van der Waals surface area contributed by atoms with Crippen LogP contribution >= 0.6 is 23.2 Å². The van der Waals surface area contributed by atoms with Gasteiger partial charge in [0.05, 0.1) is 41.9 Å². The van der Waals surface area contributed by atoms with Crippen LogP contribution in [0.2, 0.25) is 10.0 Å². The molecule has 0 unspecified atom stereocenters. The Morgan fingerprint density at radius 1 is 0.942 bits per heavy atom. The molecule has 0 spiro atoms. The molecule has 0 N–H and O–H groups in total. The molecule has 4 aromatic rings. The fraction of sp³-hybridized carbons (Fsp3) is 0.342. The molecular formula is C38H36Cl2F3N3O6. The van der Waals surface area contributed by atoms with E-state index in [1.165, 1.54) is 44.8 Å². The number of benzene rings is 3. The maximum atomic E-state index is 13.8. The lowest BCUT2D eigenvalue weighted by Gasteiger charge is -2.44. The maximum Gasteiger partial charge on any atom is 0.416 e. The zero-order valence-electron chi connectivity index (χ0n) is 28.4. The topological polar surface area (TPSA) is 90.4 Å². The summed E-state index contributed by atoms with van der Waals surface area (Å²) < 4.78 is 64.1. The monoisotopic (exact) mass is 757 g/mol. The Kier molecular flexibility index (Phi) is 11.5. The van der Waals surface area contributed by atoms with E-state index >= 15 is 0 Å². The second kappa shape index (κ2) is 16.0. The molecule has 0 aliphatic carbocycles. The minimum atomic E-state index is -4.62. The summed E-state index contributed by atoms with van der Waals surface area (Å²) in [5, 5.41) is 0.576. The van der Waals surface area contributed by atoms with Gasteiger partial charge in [0, 0.05) is 31.0 Å². The van der Waals surface area contributed by atoms with E-state index in [1.54, 1.807) is 36.4 Å². The number of esters is 1. The molecule has 9 nitrogen and oxygen atoms in total. The van der Waals surface area contributed by atoms with E-state index in [2.05, 4.69) is 9.88 Å². The molecular weight excluding hydrogens is 722 g/mol. The SMILES string of the molecule is COc1ccc([C@H](Cc2c(Cl)cncc2Cl)OC(=O)c2cccc(CN(C(=O)O[C@H]3CN4CCC3CC4)c3cccc(C(F)(F)F)c3)c2)cc1OC. The first-order valence-electron chi connectivity index (χ1n) is 16.6. The summed E-state index contributed by atoms with van der Waals surface area (Å²) in [4.78, 5) is 35.0. The van der Waals surface area contributed by atoms with Crippen molar-refractivity contribution in [2.45, 2.75) is 44.2 Å². The lowest BCUT2D eigenvalue weighted by Crippen LogP contribution is -2.53. The Balaban J connectivity index is 1.28. The lowest BCUT2D eigenvalue weighted by atomic mass is 9.86. The highest BCUT2D eigenvalue weighted by molar-refractivity contribution is 6.35. The van der Waals surface area contributed by atoms with Gasteiger partial charge in [0.15, 0.2) is 11.5 Å². The highest BCUT2D eigenvalue weighted by Crippen LogP contribution is 2.37. The van der Waals surface area contributed by atoms with Gasteiger partial charge in [0.25, 0.3) is 0 Å². The normalized spacial score (nSPS) is 18.7. The van der Waals surface area contributed by atoms with Gasteiger partial charge in [-0.25, -0.2) is 9.59 Å². The predicted octanol–water partition coefficient (Wildman–Crippen LogP) is 8.80. The van der Waals surface area contributed by atoms with Gasteiger partial charge in [0.1, 0.15) is 12.2 Å². The average Bonchev–Trinajstić information content (AvgIpc) is 3.14. The van der Waals surface area contributed by atoms with E-state index in [-0.39, 0.29) is 46.3 Å². The number of alkyl halides is 3. The first-order chi connectivity index (χ1) is 24.9. The summed E-state index contributed by atoms with van der Waals surface area (Å²) in [5.74, 6) is 0.366. The molecule has 3 aliphatic heterocycles. The summed E-state index contributed by atoms with van der Waals surface area (Å²) in [6, 6.07) is 16.0. The van der Waals surface area contributed by atoms with E-state index in [4.69, 9.17) is 42.1 Å². The van der Waals surface area contributed by atoms with E-state index in [9.17, 15) is 22.8 Å². The Hall–Kier alpha value is -4.52. The number of piperidine rings is 3. The minimum Gasteiger partial charge on any atom is -0.493 e. The molecule has 3 aromatic carbocycles. The molecule has 3 saturated heterocycles. The van der Waals surface area contributed by atoms with Crippen LogP contribution in [-0.4, -0.2) is 61.9 Å². The largest absolute Gasteiger partial charge is 0.493 e. The van der Waals surface area contributed by atoms with Crippen LogP contribution in [-0.2, 0) is 28.6 Å². The van der Waals surface area contributed by atoms with Crippen molar-refractivity contribution in [2.24, 2.45) is 5.92 Å². The van der Waals surface area contributed by atoms with Crippen LogP contribution < -0.4 is 14.4 Å². The predicted molar refractivity (Wildman–Crippen MR) is 189 cm³/mol. The summed E-state index contributed by atoms with van der Waals surface area (Å²) in [6.45, 7) is 2.25. The van der Waals surface area contributed by atoms with Gasteiger partial charge >= 0.3 is 18.2 Å². The van der Waals surface area contributed by atoms with Gasteiger partial charge < -0.3 is 18.9 Å². The highest BCUT2D eigenvalue weighted by Gasteiger charge is 2.38. The molecule has 0 saturated carbocycles. The van der Waals surface area contributed by atoms with E-state index in [1.807, 2.05) is 0 Å². The number of hydrogen-bond donors (Lipinski definition) is 0. The number of hydrogen-bond acceptors (Lipinski definition) is 8. The molecule has 1 amide bonds. The van der Waals surface area contributed by atoms with Crippen LogP contribution in [0.3, 0.4) is 0 Å². The van der Waals surface area contributed by atoms with Crippen molar-refractivity contribution in [3.63, 3.8) is 0 Å². The number of pyridine rings is 1. The fourth-order valence-electron chi connectivity index (χ4n) is 6.62. The third-order valence-corrected chi connectivity index (χ3v) is 10.1. The summed E-state index contributed by atoms with van der Waals surface area (Å²) in [5.41, 5.74) is 0.785. The van der Waals surface area contributed by atoms with Crippen LogP contribution in [0, 0.1) is 5.92 Å². The number of halogens is 5. The molecule has 2 atom stereocenters. The number of fused-ring (bicyclic) bond motifs is 3. The molecule has 52 heavy (non-hydrogen) atoms. The van der Waals surface area contributed by atoms with Crippen molar-refractivity contribution >= 4 is 41.0 Å². The van der Waals surface area contributed by atoms with Crippen LogP contribution in [0.4, 0.5) is 23.7 Å². The standard InChI is InChI=1S/C38H36Cl2F3N3O6/c1-49-32-10-9-25(16-34(32)50-2)33(18-29-30(39)19-44-20-31(29)40)51-36(47)26-6-3-5-23(15-26)21-46(28-8-4-7-27(17-28)38(41,42)43)37(48)52-35-22-45-13-11-24(35)12-14-45/h3-10,15-17,19-20,24,33,35H,11-14,18,21-22H2,1-2H3/t33-,35-/m0/s1. The van der Waals surface area contributed by atoms with Crippen molar-refractivity contribution in [2.75, 3.05) is 38.8 Å². The summed E-state index contributed by atoms with van der Waals surface area (Å²) in [6.07, 6.45) is -1.92. The highest BCUT2D eigenvalue weighted by atomic mass is 35.5. The van der Waals surface area contributed by atoms with Crippen molar-refractivity contribution in [1.29, 1.82) is 0 Å². The van der Waals surface area contributed by atoms with Gasteiger partial charge in [-0.1, -0.05) is 47.5 Å². The van der Waals surface area contributed by atoms with Gasteiger partial charge in [-0.05, 0) is 91.0 Å². The molecule has 4 heterocycles. The van der Waals surface area contributed by atoms with Crippen molar-refractivity contribution < 1.29 is 41.7 Å². The number of rotatable bonds is 11. The first kappa shape index (κ1) is 37.2. The summed E-state index contributed by atoms with van der Waals surface area (Å²) >= 11 is 12.9. The van der Waals surface area contributed by atoms with Gasteiger partial charge in [-0.15, -0.1) is 0 Å². The number of amides is 1. The summed E-state index contributed by atoms with van der Waals surface area (Å²) in [7, 11) is 2.99. The number of ether oxygens (including phenoxy) is 4. The molecule has 7 rings (SSSR count). The zero-order valence-corrected chi connectivity index (χ0v) is 29.9. The minimum absolute atomic E-state index is 0.00806. The van der Waals surface area contributed by atoms with E-state index in [0.29, 0.717) is 34.7 Å². The third kappa shape index (κ3) is 8.57. The second-order valence-electron chi connectivity index (χ2n) is 12.7. The Labute approximate surface area is 309 Å². The number of carbonyl (C=O) groups is 2. The molecule has 2 bridgehead atoms.